The molecule has 74 valence electrons. The van der Waals surface area contributed by atoms with Crippen molar-refractivity contribution >= 4 is 22.9 Å². The molecule has 0 spiro atoms. The zero-order chi connectivity index (χ0) is 10.3. The number of halogens is 6. The molecule has 13 heavy (non-hydrogen) atoms. The van der Waals surface area contributed by atoms with E-state index < -0.39 is 21.6 Å². The second-order valence-corrected chi connectivity index (χ2v) is 3.49. The van der Waals surface area contributed by atoms with Crippen molar-refractivity contribution in [2.45, 2.75) is 12.1 Å². The van der Waals surface area contributed by atoms with Crippen LogP contribution in [0, 0.1) is 0 Å². The lowest BCUT2D eigenvalue weighted by Crippen LogP contribution is -2.33. The molecule has 0 saturated carbocycles. The van der Waals surface area contributed by atoms with Gasteiger partial charge in [-0.1, -0.05) is 11.3 Å². The summed E-state index contributed by atoms with van der Waals surface area (Å²) in [6.45, 7) is 0. The van der Waals surface area contributed by atoms with Crippen LogP contribution < -0.4 is 0 Å². The van der Waals surface area contributed by atoms with Crippen LogP contribution in [0.1, 0.15) is 5.01 Å². The lowest BCUT2D eigenvalue weighted by Gasteiger charge is -2.15. The van der Waals surface area contributed by atoms with E-state index in [1.165, 1.54) is 0 Å². The minimum absolute atomic E-state index is 0.00524. The number of alkyl halides is 5. The van der Waals surface area contributed by atoms with Crippen LogP contribution in [0.2, 0.25) is 4.47 Å². The van der Waals surface area contributed by atoms with Crippen LogP contribution in [0.4, 0.5) is 22.0 Å². The largest absolute Gasteiger partial charge is 0.460 e. The van der Waals surface area contributed by atoms with Crippen molar-refractivity contribution in [2.24, 2.45) is 0 Å². The van der Waals surface area contributed by atoms with Gasteiger partial charge in [-0.2, -0.15) is 22.0 Å². The van der Waals surface area contributed by atoms with E-state index in [9.17, 15) is 22.0 Å². The molecule has 0 N–H and O–H groups in total. The van der Waals surface area contributed by atoms with Gasteiger partial charge in [0.15, 0.2) is 5.01 Å². The van der Waals surface area contributed by atoms with E-state index >= 15 is 0 Å². The van der Waals surface area contributed by atoms with E-state index in [4.69, 9.17) is 11.6 Å². The van der Waals surface area contributed by atoms with Crippen LogP contribution in [0.25, 0.3) is 0 Å². The number of aromatic nitrogens is 2. The molecule has 0 aliphatic rings. The third kappa shape index (κ3) is 1.88. The molecule has 0 atom stereocenters. The highest BCUT2D eigenvalue weighted by Crippen LogP contribution is 2.45. The van der Waals surface area contributed by atoms with E-state index in [0.29, 0.717) is 0 Å². The molecule has 1 aromatic rings. The van der Waals surface area contributed by atoms with Crippen molar-refractivity contribution in [2.75, 3.05) is 0 Å². The van der Waals surface area contributed by atoms with Gasteiger partial charge in [-0.05, 0) is 11.6 Å². The second kappa shape index (κ2) is 3.02. The number of hydrogen-bond acceptors (Lipinski definition) is 3. The van der Waals surface area contributed by atoms with Gasteiger partial charge >= 0.3 is 12.1 Å². The summed E-state index contributed by atoms with van der Waals surface area (Å²) in [5, 5.41) is 4.02. The summed E-state index contributed by atoms with van der Waals surface area (Å²) in [6, 6.07) is 0. The molecule has 1 rings (SSSR count). The van der Waals surface area contributed by atoms with Gasteiger partial charge < -0.3 is 0 Å². The quantitative estimate of drug-likeness (QED) is 0.703. The summed E-state index contributed by atoms with van der Waals surface area (Å²) in [6.07, 6.45) is -5.67. The highest BCUT2D eigenvalue weighted by molar-refractivity contribution is 7.15. The third-order valence-corrected chi connectivity index (χ3v) is 2.11. The Hall–Kier alpha value is -0.500. The van der Waals surface area contributed by atoms with Crippen LogP contribution in [-0.2, 0) is 5.92 Å². The van der Waals surface area contributed by atoms with Crippen LogP contribution >= 0.6 is 22.9 Å². The first-order chi connectivity index (χ1) is 5.75. The Balaban J connectivity index is 3.07. The highest BCUT2D eigenvalue weighted by atomic mass is 35.5. The fourth-order valence-electron chi connectivity index (χ4n) is 0.453. The van der Waals surface area contributed by atoms with Crippen LogP contribution in [0.5, 0.6) is 0 Å². The van der Waals surface area contributed by atoms with Crippen LogP contribution in [0.3, 0.4) is 0 Å². The van der Waals surface area contributed by atoms with Gasteiger partial charge in [0.1, 0.15) is 0 Å². The van der Waals surface area contributed by atoms with Crippen molar-refractivity contribution in [1.29, 1.82) is 0 Å². The first-order valence-corrected chi connectivity index (χ1v) is 3.88. The number of hydrogen-bond donors (Lipinski definition) is 0. The van der Waals surface area contributed by atoms with Gasteiger partial charge in [0.2, 0.25) is 4.47 Å². The summed E-state index contributed by atoms with van der Waals surface area (Å²) in [4.78, 5) is 0. The maximum atomic E-state index is 12.4. The van der Waals surface area contributed by atoms with Crippen LogP contribution in [-0.4, -0.2) is 16.4 Å². The molecular formula is C4ClF5N2S. The minimum Gasteiger partial charge on any atom is -0.188 e. The molecule has 0 fully saturated rings. The molecule has 1 aromatic heterocycles. The summed E-state index contributed by atoms with van der Waals surface area (Å²) in [5.74, 6) is -4.99. The van der Waals surface area contributed by atoms with E-state index in [0.717, 1.165) is 0 Å². The number of nitrogens with zero attached hydrogens (tertiary/aromatic N) is 2. The Morgan fingerprint density at radius 3 is 1.92 bits per heavy atom. The molecule has 0 aliphatic heterocycles. The molecule has 0 unspecified atom stereocenters. The molecule has 0 amide bonds. The molecule has 0 aliphatic carbocycles. The maximum absolute atomic E-state index is 12.4. The van der Waals surface area contributed by atoms with Crippen LogP contribution in [0.15, 0.2) is 0 Å². The van der Waals surface area contributed by atoms with Crippen molar-refractivity contribution < 1.29 is 22.0 Å². The Morgan fingerprint density at radius 1 is 1.08 bits per heavy atom. The third-order valence-electron chi connectivity index (χ3n) is 1.02. The molecule has 0 saturated heterocycles. The summed E-state index contributed by atoms with van der Waals surface area (Å²) in [5.41, 5.74) is 0. The van der Waals surface area contributed by atoms with E-state index in [1.807, 2.05) is 0 Å². The monoisotopic (exact) mass is 238 g/mol. The molecule has 2 nitrogen and oxygen atoms in total. The van der Waals surface area contributed by atoms with E-state index in [1.54, 1.807) is 0 Å². The zero-order valence-electron chi connectivity index (χ0n) is 5.57. The normalized spacial score (nSPS) is 13.4. The first kappa shape index (κ1) is 10.6. The first-order valence-electron chi connectivity index (χ1n) is 2.69. The molecule has 0 radical (unpaired) electrons. The lowest BCUT2D eigenvalue weighted by atomic mass is 10.3. The van der Waals surface area contributed by atoms with Crippen molar-refractivity contribution in [3.8, 4) is 0 Å². The van der Waals surface area contributed by atoms with Crippen molar-refractivity contribution in [3.05, 3.63) is 9.47 Å². The summed E-state index contributed by atoms with van der Waals surface area (Å²) >= 11 is 5.06. The molecule has 9 heteroatoms. The van der Waals surface area contributed by atoms with Gasteiger partial charge in [-0.25, -0.2) is 0 Å². The van der Waals surface area contributed by atoms with Gasteiger partial charge in [-0.15, -0.1) is 10.2 Å². The SMILES string of the molecule is FC(F)(F)C(F)(F)c1nnc(Cl)s1. The number of rotatable bonds is 1. The smallest absolute Gasteiger partial charge is 0.188 e. The average molecular weight is 239 g/mol. The van der Waals surface area contributed by atoms with Crippen molar-refractivity contribution in [3.63, 3.8) is 0 Å². The minimum atomic E-state index is -5.67. The summed E-state index contributed by atoms with van der Waals surface area (Å²) < 4.78 is 59.4. The molecule has 0 bridgehead atoms. The van der Waals surface area contributed by atoms with Crippen molar-refractivity contribution in [1.82, 2.24) is 10.2 Å². The standard InChI is InChI=1S/C4ClF5N2S/c5-2-12-11-1(13-2)3(6,7)4(8,9)10. The maximum Gasteiger partial charge on any atom is 0.460 e. The Bertz CT molecular complexity index is 308. The topological polar surface area (TPSA) is 25.8 Å². The second-order valence-electron chi connectivity index (χ2n) is 1.93. The van der Waals surface area contributed by atoms with Gasteiger partial charge in [0.25, 0.3) is 0 Å². The van der Waals surface area contributed by atoms with Gasteiger partial charge in [0.05, 0.1) is 0 Å². The Kier molecular flexibility index (Phi) is 2.46. The highest BCUT2D eigenvalue weighted by Gasteiger charge is 2.61. The molecular weight excluding hydrogens is 239 g/mol. The fraction of sp³-hybridized carbons (Fsp3) is 0.500. The van der Waals surface area contributed by atoms with Gasteiger partial charge in [0, 0.05) is 0 Å². The predicted octanol–water partition coefficient (Wildman–Crippen LogP) is 2.85. The Morgan fingerprint density at radius 2 is 1.62 bits per heavy atom. The van der Waals surface area contributed by atoms with Gasteiger partial charge in [-0.3, -0.25) is 0 Å². The molecule has 0 aromatic carbocycles. The van der Waals surface area contributed by atoms with E-state index in [2.05, 4.69) is 10.2 Å². The van der Waals surface area contributed by atoms with E-state index in [-0.39, 0.29) is 11.3 Å². The Labute approximate surface area is 77.3 Å². The molecule has 1 heterocycles. The zero-order valence-corrected chi connectivity index (χ0v) is 7.14. The lowest BCUT2D eigenvalue weighted by molar-refractivity contribution is -0.289. The summed E-state index contributed by atoms with van der Waals surface area (Å²) in [7, 11) is 0. The fourth-order valence-corrected chi connectivity index (χ4v) is 1.28. The average Bonchev–Trinajstić information content (AvgIpc) is 2.33. The predicted molar refractivity (Wildman–Crippen MR) is 34.9 cm³/mol.